The van der Waals surface area contributed by atoms with E-state index in [1.54, 1.807) is 0 Å². The lowest BCUT2D eigenvalue weighted by atomic mass is 10.1. The summed E-state index contributed by atoms with van der Waals surface area (Å²) in [7, 11) is 0. The van der Waals surface area contributed by atoms with Crippen LogP contribution in [0.15, 0.2) is 11.2 Å². The van der Waals surface area contributed by atoms with E-state index in [0.29, 0.717) is 17.0 Å². The van der Waals surface area contributed by atoms with E-state index in [9.17, 15) is 4.79 Å². The molecule has 1 aliphatic heterocycles. The third-order valence-corrected chi connectivity index (χ3v) is 4.88. The summed E-state index contributed by atoms with van der Waals surface area (Å²) >= 11 is 1.38. The summed E-state index contributed by atoms with van der Waals surface area (Å²) in [6, 6.07) is 2.32. The second-order valence-corrected chi connectivity index (χ2v) is 6.91. The van der Waals surface area contributed by atoms with Crippen molar-refractivity contribution in [3.63, 3.8) is 0 Å². The monoisotopic (exact) mass is 338 g/mol. The van der Waals surface area contributed by atoms with E-state index in [1.807, 2.05) is 19.9 Å². The number of thioether (sulfide) groups is 1. The van der Waals surface area contributed by atoms with Crippen LogP contribution in [0.5, 0.6) is 0 Å². The van der Waals surface area contributed by atoms with Crippen LogP contribution < -0.4 is 5.32 Å². The molecule has 0 aliphatic carbocycles. The maximum atomic E-state index is 12.2. The number of nitrogens with one attached hydrogen (secondary N) is 1. The van der Waals surface area contributed by atoms with Gasteiger partial charge in [0.2, 0.25) is 5.91 Å². The number of hydrogen-bond donors (Lipinski definition) is 1. The summed E-state index contributed by atoms with van der Waals surface area (Å²) in [5.41, 5.74) is 1.85. The number of morpholine rings is 1. The predicted octanol–water partition coefficient (Wildman–Crippen LogP) is 1.41. The maximum absolute atomic E-state index is 12.2. The molecule has 2 heterocycles. The molecule has 0 saturated carbocycles. The zero-order valence-corrected chi connectivity index (χ0v) is 15.2. The zero-order chi connectivity index (χ0) is 16.8. The molecule has 0 aromatic carbocycles. The van der Waals surface area contributed by atoms with E-state index < -0.39 is 0 Å². The third-order valence-electron chi connectivity index (χ3n) is 4.03. The number of aryl methyl sites for hydroxylation is 2. The van der Waals surface area contributed by atoms with Crippen molar-refractivity contribution in [3.05, 3.63) is 17.5 Å². The van der Waals surface area contributed by atoms with Gasteiger partial charge < -0.3 is 10.1 Å². The Kier molecular flexibility index (Phi) is 6.80. The minimum atomic E-state index is 0.0189. The molecule has 0 radical (unpaired) electrons. The van der Waals surface area contributed by atoms with Gasteiger partial charge in [-0.25, -0.2) is 9.97 Å². The van der Waals surface area contributed by atoms with E-state index in [1.165, 1.54) is 11.8 Å². The highest BCUT2D eigenvalue weighted by molar-refractivity contribution is 7.99. The van der Waals surface area contributed by atoms with Crippen LogP contribution in [0.4, 0.5) is 0 Å². The molecule has 0 spiro atoms. The summed E-state index contributed by atoms with van der Waals surface area (Å²) in [5, 5.41) is 3.74. The van der Waals surface area contributed by atoms with Crippen molar-refractivity contribution in [1.82, 2.24) is 20.2 Å². The summed E-state index contributed by atoms with van der Waals surface area (Å²) in [6.45, 7) is 11.5. The van der Waals surface area contributed by atoms with Crippen molar-refractivity contribution in [2.45, 2.75) is 44.9 Å². The fraction of sp³-hybridized carbons (Fsp3) is 0.688. The van der Waals surface area contributed by atoms with E-state index >= 15 is 0 Å². The van der Waals surface area contributed by atoms with Crippen LogP contribution in [0.25, 0.3) is 0 Å². The lowest BCUT2D eigenvalue weighted by Crippen LogP contribution is -2.52. The number of carbonyl (C=O) groups is 1. The lowest BCUT2D eigenvalue weighted by molar-refractivity contribution is -0.119. The molecule has 6 nitrogen and oxygen atoms in total. The summed E-state index contributed by atoms with van der Waals surface area (Å²) in [4.78, 5) is 23.2. The Morgan fingerprint density at radius 1 is 1.30 bits per heavy atom. The molecule has 1 aromatic rings. The predicted molar refractivity (Wildman–Crippen MR) is 91.7 cm³/mol. The molecule has 0 bridgehead atoms. The van der Waals surface area contributed by atoms with Crippen LogP contribution in [0.3, 0.4) is 0 Å². The van der Waals surface area contributed by atoms with Gasteiger partial charge in [-0.05, 0) is 33.8 Å². The lowest BCUT2D eigenvalue weighted by Gasteiger charge is -2.35. The average molecular weight is 338 g/mol. The highest BCUT2D eigenvalue weighted by Gasteiger charge is 2.23. The van der Waals surface area contributed by atoms with Crippen molar-refractivity contribution in [2.75, 3.05) is 32.1 Å². The van der Waals surface area contributed by atoms with Gasteiger partial charge in [0.1, 0.15) is 0 Å². The molecule has 2 rings (SSSR count). The van der Waals surface area contributed by atoms with Gasteiger partial charge in [-0.2, -0.15) is 0 Å². The molecule has 2 atom stereocenters. The average Bonchev–Trinajstić information content (AvgIpc) is 2.52. The number of nitrogens with zero attached hydrogens (tertiary/aromatic N) is 3. The molecule has 1 N–H and O–H groups in total. The number of amides is 1. The van der Waals surface area contributed by atoms with Crippen molar-refractivity contribution < 1.29 is 9.53 Å². The Hall–Kier alpha value is -1.18. The molecule has 7 heteroatoms. The van der Waals surface area contributed by atoms with Gasteiger partial charge >= 0.3 is 0 Å². The largest absolute Gasteiger partial charge is 0.379 e. The fourth-order valence-corrected chi connectivity index (χ4v) is 3.37. The highest BCUT2D eigenvalue weighted by atomic mass is 32.2. The normalized spacial score (nSPS) is 18.4. The maximum Gasteiger partial charge on any atom is 0.230 e. The molecule has 1 saturated heterocycles. The number of hydrogen-bond acceptors (Lipinski definition) is 6. The molecule has 128 valence electrons. The molecule has 23 heavy (non-hydrogen) atoms. The van der Waals surface area contributed by atoms with Gasteiger partial charge in [0.25, 0.3) is 0 Å². The van der Waals surface area contributed by atoms with Crippen LogP contribution >= 0.6 is 11.8 Å². The van der Waals surface area contributed by atoms with Crippen molar-refractivity contribution in [1.29, 1.82) is 0 Å². The van der Waals surface area contributed by atoms with Crippen LogP contribution in [-0.4, -0.2) is 64.9 Å². The van der Waals surface area contributed by atoms with Crippen molar-refractivity contribution >= 4 is 17.7 Å². The topological polar surface area (TPSA) is 67.4 Å². The van der Waals surface area contributed by atoms with E-state index in [4.69, 9.17) is 4.74 Å². The van der Waals surface area contributed by atoms with Gasteiger partial charge in [0.15, 0.2) is 5.16 Å². The molecule has 1 fully saturated rings. The Labute approximate surface area is 142 Å². The first-order valence-corrected chi connectivity index (χ1v) is 9.00. The molecule has 1 aromatic heterocycles. The molecular weight excluding hydrogens is 312 g/mol. The zero-order valence-electron chi connectivity index (χ0n) is 14.3. The summed E-state index contributed by atoms with van der Waals surface area (Å²) in [5.74, 6) is 0.355. The van der Waals surface area contributed by atoms with E-state index in [2.05, 4.69) is 34.0 Å². The van der Waals surface area contributed by atoms with Gasteiger partial charge in [-0.15, -0.1) is 0 Å². The standard InChI is InChI=1S/C16H26N4O2S/c1-11-9-12(2)18-16(17-11)23-10-15(21)19-13(3)14(4)20-5-7-22-8-6-20/h9,13-14H,5-8,10H2,1-4H3,(H,19,21). The van der Waals surface area contributed by atoms with E-state index in [0.717, 1.165) is 37.7 Å². The fourth-order valence-electron chi connectivity index (χ4n) is 2.61. The quantitative estimate of drug-likeness (QED) is 0.625. The Balaban J connectivity index is 1.79. The van der Waals surface area contributed by atoms with Crippen LogP contribution in [-0.2, 0) is 9.53 Å². The second kappa shape index (κ2) is 8.61. The number of carbonyl (C=O) groups excluding carboxylic acids is 1. The van der Waals surface area contributed by atoms with Gasteiger partial charge in [0.05, 0.1) is 19.0 Å². The summed E-state index contributed by atoms with van der Waals surface area (Å²) in [6.07, 6.45) is 0. The molecule has 1 aliphatic rings. The van der Waals surface area contributed by atoms with Crippen molar-refractivity contribution in [2.24, 2.45) is 0 Å². The Morgan fingerprint density at radius 3 is 2.52 bits per heavy atom. The number of ether oxygens (including phenoxy) is 1. The smallest absolute Gasteiger partial charge is 0.230 e. The van der Waals surface area contributed by atoms with Crippen LogP contribution in [0.2, 0.25) is 0 Å². The minimum Gasteiger partial charge on any atom is -0.379 e. The first-order valence-electron chi connectivity index (χ1n) is 8.02. The second-order valence-electron chi connectivity index (χ2n) is 5.97. The number of rotatable bonds is 6. The van der Waals surface area contributed by atoms with Gasteiger partial charge in [-0.3, -0.25) is 9.69 Å². The first-order chi connectivity index (χ1) is 11.0. The van der Waals surface area contributed by atoms with Gasteiger partial charge in [0, 0.05) is 36.6 Å². The molecule has 1 amide bonds. The molecule has 2 unspecified atom stereocenters. The Morgan fingerprint density at radius 2 is 1.91 bits per heavy atom. The number of aromatic nitrogens is 2. The minimum absolute atomic E-state index is 0.0189. The van der Waals surface area contributed by atoms with Crippen LogP contribution in [0.1, 0.15) is 25.2 Å². The molecular formula is C16H26N4O2S. The van der Waals surface area contributed by atoms with Crippen molar-refractivity contribution in [3.8, 4) is 0 Å². The first kappa shape index (κ1) is 18.2. The SMILES string of the molecule is Cc1cc(C)nc(SCC(=O)NC(C)C(C)N2CCOCC2)n1. The van der Waals surface area contributed by atoms with E-state index in [-0.39, 0.29) is 11.9 Å². The highest BCUT2D eigenvalue weighted by Crippen LogP contribution is 2.14. The third kappa shape index (κ3) is 5.75. The Bertz CT molecular complexity index is 515. The van der Waals surface area contributed by atoms with Crippen LogP contribution in [0, 0.1) is 13.8 Å². The summed E-state index contributed by atoms with van der Waals surface area (Å²) < 4.78 is 5.37. The van der Waals surface area contributed by atoms with Gasteiger partial charge in [-0.1, -0.05) is 11.8 Å².